The van der Waals surface area contributed by atoms with Gasteiger partial charge >= 0.3 is 0 Å². The molecule has 3 nitrogen and oxygen atoms in total. The van der Waals surface area contributed by atoms with E-state index >= 15 is 0 Å². The highest BCUT2D eigenvalue weighted by atomic mass is 16.6. The first-order chi connectivity index (χ1) is 10.9. The molecule has 1 aromatic carbocycles. The summed E-state index contributed by atoms with van der Waals surface area (Å²) in [6, 6.07) is 6.99. The predicted octanol–water partition coefficient (Wildman–Crippen LogP) is 4.13. The van der Waals surface area contributed by atoms with Crippen LogP contribution in [0.2, 0.25) is 0 Å². The van der Waals surface area contributed by atoms with E-state index in [1.807, 2.05) is 0 Å². The van der Waals surface area contributed by atoms with Crippen molar-refractivity contribution in [1.29, 1.82) is 0 Å². The van der Waals surface area contributed by atoms with Crippen LogP contribution in [0.1, 0.15) is 69.6 Å². The Hall–Kier alpha value is -0.900. The average molecular weight is 315 g/mol. The maximum absolute atomic E-state index is 9.81. The van der Waals surface area contributed by atoms with Gasteiger partial charge in [-0.3, -0.25) is 0 Å². The smallest absolute Gasteiger partial charge is 0.140 e. The summed E-state index contributed by atoms with van der Waals surface area (Å²) in [6.07, 6.45) is 4.46. The fourth-order valence-corrected chi connectivity index (χ4v) is 5.92. The lowest BCUT2D eigenvalue weighted by Crippen LogP contribution is -2.56. The van der Waals surface area contributed by atoms with Crippen molar-refractivity contribution >= 4 is 0 Å². The van der Waals surface area contributed by atoms with Crippen molar-refractivity contribution in [2.75, 3.05) is 0 Å². The van der Waals surface area contributed by atoms with E-state index in [0.717, 1.165) is 12.8 Å². The van der Waals surface area contributed by atoms with Gasteiger partial charge in [0.1, 0.15) is 6.23 Å². The summed E-state index contributed by atoms with van der Waals surface area (Å²) in [5.41, 5.74) is 6.95. The minimum absolute atomic E-state index is 0.0791. The molecule has 3 heteroatoms. The molecule has 23 heavy (non-hydrogen) atoms. The van der Waals surface area contributed by atoms with Crippen LogP contribution in [-0.4, -0.2) is 17.5 Å². The SMILES string of the molecule is CC(C)c1ccc2c(c1)C[C@H]1OC(NO)[C@@]23CCCC(C)(C)[C@H]13. The molecule has 2 fully saturated rings. The molecular weight excluding hydrogens is 286 g/mol. The number of fused-ring (bicyclic) bond motifs is 1. The van der Waals surface area contributed by atoms with Crippen molar-refractivity contribution in [2.45, 2.75) is 77.0 Å². The molecule has 1 saturated carbocycles. The lowest BCUT2D eigenvalue weighted by Gasteiger charge is -2.53. The number of hydrogen-bond donors (Lipinski definition) is 2. The molecule has 0 amide bonds. The largest absolute Gasteiger partial charge is 0.356 e. The Kier molecular flexibility index (Phi) is 3.43. The Labute approximate surface area is 139 Å². The molecule has 0 spiro atoms. The third kappa shape index (κ3) is 2.00. The van der Waals surface area contributed by atoms with Crippen molar-refractivity contribution in [3.63, 3.8) is 0 Å². The van der Waals surface area contributed by atoms with Gasteiger partial charge in [0.2, 0.25) is 0 Å². The van der Waals surface area contributed by atoms with Gasteiger partial charge in [-0.1, -0.05) is 52.3 Å². The Morgan fingerprint density at radius 1 is 1.26 bits per heavy atom. The summed E-state index contributed by atoms with van der Waals surface area (Å²) < 4.78 is 6.33. The molecule has 1 aromatic rings. The summed E-state index contributed by atoms with van der Waals surface area (Å²) in [4.78, 5) is 0. The van der Waals surface area contributed by atoms with Crippen LogP contribution in [0.4, 0.5) is 0 Å². The summed E-state index contributed by atoms with van der Waals surface area (Å²) in [5, 5.41) is 9.81. The molecule has 4 atom stereocenters. The Bertz CT molecular complexity index is 624. The van der Waals surface area contributed by atoms with E-state index in [1.54, 1.807) is 0 Å². The van der Waals surface area contributed by atoms with Crippen LogP contribution in [-0.2, 0) is 16.6 Å². The molecule has 2 N–H and O–H groups in total. The number of rotatable bonds is 2. The van der Waals surface area contributed by atoms with Gasteiger partial charge in [0.05, 0.1) is 6.10 Å². The first-order valence-electron chi connectivity index (χ1n) is 9.08. The molecule has 0 radical (unpaired) electrons. The maximum atomic E-state index is 9.81. The van der Waals surface area contributed by atoms with Crippen LogP contribution in [0.15, 0.2) is 18.2 Å². The second-order valence-corrected chi connectivity index (χ2v) is 8.82. The lowest BCUT2D eigenvalue weighted by atomic mass is 9.49. The Morgan fingerprint density at radius 3 is 2.74 bits per heavy atom. The van der Waals surface area contributed by atoms with Crippen LogP contribution in [0.5, 0.6) is 0 Å². The van der Waals surface area contributed by atoms with E-state index in [0.29, 0.717) is 11.8 Å². The minimum atomic E-state index is -0.275. The van der Waals surface area contributed by atoms with Gasteiger partial charge in [-0.15, -0.1) is 0 Å². The lowest BCUT2D eigenvalue weighted by molar-refractivity contribution is -0.0650. The van der Waals surface area contributed by atoms with E-state index in [-0.39, 0.29) is 23.2 Å². The van der Waals surface area contributed by atoms with Crippen molar-refractivity contribution in [3.8, 4) is 0 Å². The third-order valence-corrected chi connectivity index (χ3v) is 6.79. The Morgan fingerprint density at radius 2 is 2.04 bits per heavy atom. The van der Waals surface area contributed by atoms with E-state index in [1.165, 1.54) is 29.5 Å². The van der Waals surface area contributed by atoms with Crippen LogP contribution in [0.25, 0.3) is 0 Å². The van der Waals surface area contributed by atoms with E-state index < -0.39 is 0 Å². The number of hydroxylamine groups is 1. The van der Waals surface area contributed by atoms with Crippen LogP contribution >= 0.6 is 0 Å². The van der Waals surface area contributed by atoms with Gasteiger partial charge in [0.15, 0.2) is 0 Å². The van der Waals surface area contributed by atoms with Gasteiger partial charge in [-0.05, 0) is 47.3 Å². The zero-order chi connectivity index (χ0) is 16.4. The number of ether oxygens (including phenoxy) is 1. The van der Waals surface area contributed by atoms with E-state index in [4.69, 9.17) is 4.74 Å². The zero-order valence-electron chi connectivity index (χ0n) is 14.7. The van der Waals surface area contributed by atoms with Crippen molar-refractivity contribution in [1.82, 2.24) is 5.48 Å². The third-order valence-electron chi connectivity index (χ3n) is 6.79. The highest BCUT2D eigenvalue weighted by Crippen LogP contribution is 2.63. The molecule has 0 aromatic heterocycles. The molecule has 2 aliphatic carbocycles. The number of hydrogen-bond acceptors (Lipinski definition) is 3. The van der Waals surface area contributed by atoms with Gasteiger partial charge in [-0.2, -0.15) is 5.48 Å². The topological polar surface area (TPSA) is 41.5 Å². The van der Waals surface area contributed by atoms with Crippen LogP contribution in [0, 0.1) is 11.3 Å². The maximum Gasteiger partial charge on any atom is 0.140 e. The molecule has 1 heterocycles. The van der Waals surface area contributed by atoms with Crippen LogP contribution < -0.4 is 5.48 Å². The molecule has 2 bridgehead atoms. The van der Waals surface area contributed by atoms with E-state index in [2.05, 4.69) is 51.4 Å². The number of benzene rings is 1. The van der Waals surface area contributed by atoms with Gasteiger partial charge in [0, 0.05) is 11.3 Å². The predicted molar refractivity (Wildman–Crippen MR) is 90.6 cm³/mol. The van der Waals surface area contributed by atoms with Crippen molar-refractivity contribution in [2.24, 2.45) is 11.3 Å². The highest BCUT2D eigenvalue weighted by molar-refractivity contribution is 5.46. The molecule has 1 aliphatic heterocycles. The van der Waals surface area contributed by atoms with E-state index in [9.17, 15) is 5.21 Å². The average Bonchev–Trinajstić information content (AvgIpc) is 2.76. The highest BCUT2D eigenvalue weighted by Gasteiger charge is 2.65. The normalized spacial score (nSPS) is 37.6. The zero-order valence-corrected chi connectivity index (χ0v) is 14.7. The quantitative estimate of drug-likeness (QED) is 0.806. The molecule has 3 aliphatic rings. The Balaban J connectivity index is 1.90. The van der Waals surface area contributed by atoms with Gasteiger partial charge in [-0.25, -0.2) is 0 Å². The van der Waals surface area contributed by atoms with Crippen LogP contribution in [0.3, 0.4) is 0 Å². The first kappa shape index (κ1) is 15.6. The fraction of sp³-hybridized carbons (Fsp3) is 0.700. The summed E-state index contributed by atoms with van der Waals surface area (Å²) in [6.45, 7) is 9.27. The second-order valence-electron chi connectivity index (χ2n) is 8.82. The van der Waals surface area contributed by atoms with Crippen molar-refractivity contribution in [3.05, 3.63) is 34.9 Å². The monoisotopic (exact) mass is 315 g/mol. The van der Waals surface area contributed by atoms with Gasteiger partial charge < -0.3 is 9.94 Å². The standard InChI is InChI=1S/C20H29NO2/c1-12(2)13-6-7-15-14(10-13)11-16-17-19(3,4)8-5-9-20(15,17)18(21-22)23-16/h6-7,10,12,16-18,21-22H,5,8-9,11H2,1-4H3/t16-,17+,18?,20+/m1/s1. The van der Waals surface area contributed by atoms with Gasteiger partial charge in [0.25, 0.3) is 0 Å². The van der Waals surface area contributed by atoms with Crippen molar-refractivity contribution < 1.29 is 9.94 Å². The molecule has 1 unspecified atom stereocenters. The molecular formula is C20H29NO2. The minimum Gasteiger partial charge on any atom is -0.356 e. The fourth-order valence-electron chi connectivity index (χ4n) is 5.92. The molecule has 126 valence electrons. The summed E-state index contributed by atoms with van der Waals surface area (Å²) in [7, 11) is 0. The summed E-state index contributed by atoms with van der Waals surface area (Å²) >= 11 is 0. The number of nitrogens with one attached hydrogen (secondary N) is 1. The first-order valence-corrected chi connectivity index (χ1v) is 9.08. The second kappa shape index (κ2) is 5.05. The molecule has 1 saturated heterocycles. The molecule has 4 rings (SSSR count). The summed E-state index contributed by atoms with van der Waals surface area (Å²) in [5.74, 6) is 1.02.